The first-order valence-electron chi connectivity index (χ1n) is 8.16. The monoisotopic (exact) mass is 334 g/mol. The highest BCUT2D eigenvalue weighted by Gasteiger charge is 2.09. The highest BCUT2D eigenvalue weighted by atomic mass is 35.5. The van der Waals surface area contributed by atoms with Gasteiger partial charge in [-0.15, -0.1) is 6.58 Å². The van der Waals surface area contributed by atoms with Crippen molar-refractivity contribution >= 4 is 34.6 Å². The summed E-state index contributed by atoms with van der Waals surface area (Å²) in [6.45, 7) is 3.72. The molecule has 0 fully saturated rings. The van der Waals surface area contributed by atoms with E-state index in [-0.39, 0.29) is 11.9 Å². The summed E-state index contributed by atoms with van der Waals surface area (Å²) < 4.78 is 5.47. The van der Waals surface area contributed by atoms with E-state index in [2.05, 4.69) is 16.9 Å². The van der Waals surface area contributed by atoms with E-state index in [9.17, 15) is 4.79 Å². The Kier molecular flexibility index (Phi) is 7.14. The van der Waals surface area contributed by atoms with Gasteiger partial charge in [0.05, 0.1) is 0 Å². The van der Waals surface area contributed by atoms with E-state index in [1.54, 1.807) is 18.2 Å². The van der Waals surface area contributed by atoms with Gasteiger partial charge in [0.2, 0.25) is 5.91 Å². The van der Waals surface area contributed by atoms with Crippen molar-refractivity contribution in [3.8, 4) is 0 Å². The van der Waals surface area contributed by atoms with Gasteiger partial charge in [0.25, 0.3) is 0 Å². The fourth-order valence-corrected chi connectivity index (χ4v) is 2.58. The molecule has 1 amide bonds. The predicted molar refractivity (Wildman–Crippen MR) is 94.8 cm³/mol. The van der Waals surface area contributed by atoms with E-state index in [4.69, 9.17) is 16.0 Å². The van der Waals surface area contributed by atoms with E-state index in [0.717, 1.165) is 19.3 Å². The second-order valence-corrected chi connectivity index (χ2v) is 6.06. The number of benzene rings is 1. The molecule has 0 unspecified atom stereocenters. The molecule has 0 saturated carbocycles. The van der Waals surface area contributed by atoms with Gasteiger partial charge in [0, 0.05) is 11.4 Å². The molecule has 1 aromatic heterocycles. The number of fused-ring (bicyclic) bond motifs is 1. The number of carbonyl (C=O) groups is 1. The lowest BCUT2D eigenvalue weighted by Gasteiger charge is -2.01. The SMILES string of the molecule is C=CCCCCCCCCC(=O)Nc1nc2cc(Cl)ccc2o1. The Bertz CT molecular complexity index is 652. The molecule has 0 aliphatic carbocycles. The van der Waals surface area contributed by atoms with E-state index in [1.165, 1.54) is 25.7 Å². The molecule has 0 spiro atoms. The number of halogens is 1. The molecule has 0 aliphatic rings. The minimum Gasteiger partial charge on any atom is -0.423 e. The first-order valence-corrected chi connectivity index (χ1v) is 8.53. The lowest BCUT2D eigenvalue weighted by molar-refractivity contribution is -0.116. The fraction of sp³-hybridized carbons (Fsp3) is 0.444. The second-order valence-electron chi connectivity index (χ2n) is 5.63. The molecule has 5 heteroatoms. The summed E-state index contributed by atoms with van der Waals surface area (Å²) in [5, 5.41) is 3.29. The molecule has 0 bridgehead atoms. The van der Waals surface area contributed by atoms with Gasteiger partial charge in [0.15, 0.2) is 5.58 Å². The number of hydrogen-bond donors (Lipinski definition) is 1. The third-order valence-corrected chi connectivity index (χ3v) is 3.89. The van der Waals surface area contributed by atoms with Gasteiger partial charge in [-0.2, -0.15) is 4.98 Å². The summed E-state index contributed by atoms with van der Waals surface area (Å²) in [4.78, 5) is 16.1. The molecule has 124 valence electrons. The molecule has 1 aromatic carbocycles. The summed E-state index contributed by atoms with van der Waals surface area (Å²) in [5.74, 6) is -0.0608. The Morgan fingerprint density at radius 2 is 1.96 bits per heavy atom. The van der Waals surface area contributed by atoms with Gasteiger partial charge in [-0.05, 0) is 37.5 Å². The normalized spacial score (nSPS) is 10.8. The molecule has 0 aliphatic heterocycles. The predicted octanol–water partition coefficient (Wildman–Crippen LogP) is 5.73. The maximum atomic E-state index is 11.9. The minimum absolute atomic E-state index is 0.0608. The van der Waals surface area contributed by atoms with Crippen LogP contribution in [0.1, 0.15) is 51.4 Å². The zero-order chi connectivity index (χ0) is 16.5. The Balaban J connectivity index is 1.65. The summed E-state index contributed by atoms with van der Waals surface area (Å²) in [6, 6.07) is 5.42. The Morgan fingerprint density at radius 3 is 2.74 bits per heavy atom. The van der Waals surface area contributed by atoms with Crippen molar-refractivity contribution in [3.63, 3.8) is 0 Å². The van der Waals surface area contributed by atoms with Crippen LogP contribution in [-0.2, 0) is 4.79 Å². The van der Waals surface area contributed by atoms with Crippen LogP contribution in [0.3, 0.4) is 0 Å². The standard InChI is InChI=1S/C18H23ClN2O2/c1-2-3-4-5-6-7-8-9-10-17(22)21-18-20-15-13-14(19)11-12-16(15)23-18/h2,11-13H,1,3-10H2,(H,20,21,22). The Hall–Kier alpha value is -1.81. The zero-order valence-electron chi connectivity index (χ0n) is 13.3. The van der Waals surface area contributed by atoms with Crippen molar-refractivity contribution in [2.75, 3.05) is 5.32 Å². The van der Waals surface area contributed by atoms with E-state index < -0.39 is 0 Å². The van der Waals surface area contributed by atoms with Gasteiger partial charge < -0.3 is 4.42 Å². The molecule has 23 heavy (non-hydrogen) atoms. The number of carbonyl (C=O) groups excluding carboxylic acids is 1. The largest absolute Gasteiger partial charge is 0.423 e. The number of nitrogens with zero attached hydrogens (tertiary/aromatic N) is 1. The van der Waals surface area contributed by atoms with Crippen LogP contribution in [0, 0.1) is 0 Å². The van der Waals surface area contributed by atoms with Crippen LogP contribution in [0.4, 0.5) is 6.01 Å². The van der Waals surface area contributed by atoms with E-state index >= 15 is 0 Å². The molecular formula is C18H23ClN2O2. The molecule has 2 rings (SSSR count). The van der Waals surface area contributed by atoms with Crippen molar-refractivity contribution in [2.24, 2.45) is 0 Å². The number of rotatable bonds is 10. The van der Waals surface area contributed by atoms with Gasteiger partial charge in [-0.25, -0.2) is 0 Å². The maximum absolute atomic E-state index is 11.9. The first kappa shape index (κ1) is 17.5. The fourth-order valence-electron chi connectivity index (χ4n) is 2.42. The van der Waals surface area contributed by atoms with E-state index in [1.807, 2.05) is 6.08 Å². The number of hydrogen-bond acceptors (Lipinski definition) is 3. The Morgan fingerprint density at radius 1 is 1.22 bits per heavy atom. The lowest BCUT2D eigenvalue weighted by Crippen LogP contribution is -2.11. The van der Waals surface area contributed by atoms with Gasteiger partial charge in [0.1, 0.15) is 5.52 Å². The Labute approximate surface area is 141 Å². The summed E-state index contributed by atoms with van der Waals surface area (Å²) in [7, 11) is 0. The van der Waals surface area contributed by atoms with Crippen LogP contribution < -0.4 is 5.32 Å². The number of anilines is 1. The van der Waals surface area contributed by atoms with Crippen LogP contribution in [0.5, 0.6) is 0 Å². The average molecular weight is 335 g/mol. The maximum Gasteiger partial charge on any atom is 0.302 e. The number of oxazole rings is 1. The third-order valence-electron chi connectivity index (χ3n) is 3.66. The lowest BCUT2D eigenvalue weighted by atomic mass is 10.1. The first-order chi connectivity index (χ1) is 11.2. The van der Waals surface area contributed by atoms with Crippen molar-refractivity contribution in [2.45, 2.75) is 51.4 Å². The molecule has 2 aromatic rings. The van der Waals surface area contributed by atoms with Crippen LogP contribution in [0.15, 0.2) is 35.3 Å². The van der Waals surface area contributed by atoms with Crippen molar-refractivity contribution in [1.29, 1.82) is 0 Å². The summed E-state index contributed by atoms with van der Waals surface area (Å²) >= 11 is 5.90. The number of amides is 1. The van der Waals surface area contributed by atoms with Gasteiger partial charge >= 0.3 is 6.01 Å². The molecular weight excluding hydrogens is 312 g/mol. The van der Waals surface area contributed by atoms with Crippen molar-refractivity contribution in [1.82, 2.24) is 4.98 Å². The zero-order valence-corrected chi connectivity index (χ0v) is 14.1. The average Bonchev–Trinajstić information content (AvgIpc) is 2.91. The molecule has 0 saturated heterocycles. The van der Waals surface area contributed by atoms with Crippen molar-refractivity contribution < 1.29 is 9.21 Å². The highest BCUT2D eigenvalue weighted by molar-refractivity contribution is 6.31. The molecule has 0 atom stereocenters. The number of allylic oxidation sites excluding steroid dienone is 1. The molecule has 1 heterocycles. The third kappa shape index (κ3) is 6.06. The molecule has 0 radical (unpaired) electrons. The number of unbranched alkanes of at least 4 members (excludes halogenated alkanes) is 6. The van der Waals surface area contributed by atoms with Gasteiger partial charge in [-0.3, -0.25) is 10.1 Å². The molecule has 1 N–H and O–H groups in total. The summed E-state index contributed by atoms with van der Waals surface area (Å²) in [6.07, 6.45) is 10.4. The van der Waals surface area contributed by atoms with E-state index in [0.29, 0.717) is 22.5 Å². The minimum atomic E-state index is -0.0608. The topological polar surface area (TPSA) is 55.1 Å². The van der Waals surface area contributed by atoms with Crippen LogP contribution >= 0.6 is 11.6 Å². The highest BCUT2D eigenvalue weighted by Crippen LogP contribution is 2.22. The quantitative estimate of drug-likeness (QED) is 0.446. The number of aromatic nitrogens is 1. The van der Waals surface area contributed by atoms with Crippen LogP contribution in [-0.4, -0.2) is 10.9 Å². The smallest absolute Gasteiger partial charge is 0.302 e. The number of nitrogens with one attached hydrogen (secondary N) is 1. The van der Waals surface area contributed by atoms with Crippen LogP contribution in [0.25, 0.3) is 11.1 Å². The molecule has 4 nitrogen and oxygen atoms in total. The second kappa shape index (κ2) is 9.36. The van der Waals surface area contributed by atoms with Crippen LogP contribution in [0.2, 0.25) is 5.02 Å². The van der Waals surface area contributed by atoms with Crippen molar-refractivity contribution in [3.05, 3.63) is 35.9 Å². The van der Waals surface area contributed by atoms with Gasteiger partial charge in [-0.1, -0.05) is 43.4 Å². The summed E-state index contributed by atoms with van der Waals surface area (Å²) in [5.41, 5.74) is 1.26.